The van der Waals surface area contributed by atoms with Crippen LogP contribution in [0.15, 0.2) is 95.4 Å². The summed E-state index contributed by atoms with van der Waals surface area (Å²) in [6.45, 7) is 9.12. The number of para-hydroxylation sites is 3. The van der Waals surface area contributed by atoms with E-state index in [0.29, 0.717) is 5.92 Å². The number of aryl methyl sites for hydroxylation is 2. The van der Waals surface area contributed by atoms with Crippen molar-refractivity contribution in [2.75, 3.05) is 0 Å². The molecule has 0 aliphatic carbocycles. The molecule has 0 spiro atoms. The summed E-state index contributed by atoms with van der Waals surface area (Å²) >= 11 is 1.94. The van der Waals surface area contributed by atoms with E-state index in [0.717, 1.165) is 57.2 Å². The minimum absolute atomic E-state index is 0.511. The van der Waals surface area contributed by atoms with Crippen LogP contribution in [0.5, 0.6) is 0 Å². The summed E-state index contributed by atoms with van der Waals surface area (Å²) in [7, 11) is 0. The van der Waals surface area contributed by atoms with Gasteiger partial charge in [-0.3, -0.25) is 4.57 Å². The van der Waals surface area contributed by atoms with Crippen molar-refractivity contribution in [3.05, 3.63) is 108 Å². The smallest absolute Gasteiger partial charge is 0.145 e. The standard InChI is InChI=1S/C38H32N2OS/c1-5-23-19-30-28-17-15-24(22(3)4)21-35(28)42-37(30)26(6-2)36(23)40-32-13-9-8-12-31(32)39-38(40)25-16-18-34-29(20-25)27-11-7-10-14-33(27)41-34/h7-22H,5-6H2,1-4H3. The van der Waals surface area contributed by atoms with Gasteiger partial charge in [0.05, 0.1) is 16.7 Å². The first-order chi connectivity index (χ1) is 20.6. The van der Waals surface area contributed by atoms with Crippen molar-refractivity contribution in [1.82, 2.24) is 9.55 Å². The Morgan fingerprint density at radius 1 is 0.762 bits per heavy atom. The van der Waals surface area contributed by atoms with Gasteiger partial charge in [0.15, 0.2) is 0 Å². The SMILES string of the molecule is CCc1cc2c(sc3cc(C(C)C)ccc32)c(CC)c1-n1c(-c2ccc3oc4ccccc4c3c2)nc2ccccc21. The van der Waals surface area contributed by atoms with Gasteiger partial charge in [0.2, 0.25) is 0 Å². The van der Waals surface area contributed by atoms with Crippen LogP contribution in [-0.2, 0) is 12.8 Å². The summed E-state index contributed by atoms with van der Waals surface area (Å²) in [5.41, 5.74) is 10.5. The Balaban J connectivity index is 1.45. The van der Waals surface area contributed by atoms with Crippen molar-refractivity contribution in [2.24, 2.45) is 0 Å². The maximum atomic E-state index is 6.16. The number of aromatic nitrogens is 2. The van der Waals surface area contributed by atoms with Gasteiger partial charge in [0, 0.05) is 36.5 Å². The van der Waals surface area contributed by atoms with Gasteiger partial charge < -0.3 is 4.42 Å². The lowest BCUT2D eigenvalue weighted by molar-refractivity contribution is 0.669. The summed E-state index contributed by atoms with van der Waals surface area (Å²) in [6.07, 6.45) is 1.89. The van der Waals surface area contributed by atoms with Crippen molar-refractivity contribution in [1.29, 1.82) is 0 Å². The quantitative estimate of drug-likeness (QED) is 0.208. The molecule has 206 valence electrons. The molecule has 0 unspecified atom stereocenters. The number of hydrogen-bond donors (Lipinski definition) is 0. The van der Waals surface area contributed by atoms with Gasteiger partial charge in [-0.2, -0.15) is 0 Å². The Bertz CT molecular complexity index is 2310. The Labute approximate surface area is 249 Å². The van der Waals surface area contributed by atoms with Crippen molar-refractivity contribution in [3.63, 3.8) is 0 Å². The molecule has 0 N–H and O–H groups in total. The molecule has 3 aromatic heterocycles. The number of thiophene rings is 1. The number of furan rings is 1. The molecule has 3 nitrogen and oxygen atoms in total. The van der Waals surface area contributed by atoms with Crippen LogP contribution in [0.4, 0.5) is 0 Å². The average molecular weight is 565 g/mol. The summed E-state index contributed by atoms with van der Waals surface area (Å²) in [6, 6.07) is 32.8. The molecule has 0 saturated carbocycles. The first-order valence-electron chi connectivity index (χ1n) is 15.0. The van der Waals surface area contributed by atoms with Gasteiger partial charge in [-0.1, -0.05) is 70.2 Å². The lowest BCUT2D eigenvalue weighted by Crippen LogP contribution is -2.06. The van der Waals surface area contributed by atoms with Gasteiger partial charge in [-0.05, 0) is 84.0 Å². The van der Waals surface area contributed by atoms with E-state index >= 15 is 0 Å². The predicted molar refractivity (Wildman–Crippen MR) is 180 cm³/mol. The largest absolute Gasteiger partial charge is 0.456 e. The van der Waals surface area contributed by atoms with Crippen LogP contribution in [0.2, 0.25) is 0 Å². The molecule has 0 atom stereocenters. The highest BCUT2D eigenvalue weighted by molar-refractivity contribution is 7.26. The van der Waals surface area contributed by atoms with Crippen LogP contribution in [-0.4, -0.2) is 9.55 Å². The monoisotopic (exact) mass is 564 g/mol. The van der Waals surface area contributed by atoms with Crippen molar-refractivity contribution in [3.8, 4) is 17.1 Å². The lowest BCUT2D eigenvalue weighted by Gasteiger charge is -2.19. The average Bonchev–Trinajstić information content (AvgIpc) is 3.70. The van der Waals surface area contributed by atoms with Crippen LogP contribution in [0.3, 0.4) is 0 Å². The van der Waals surface area contributed by atoms with E-state index in [2.05, 4.69) is 111 Å². The van der Waals surface area contributed by atoms with Crippen molar-refractivity contribution in [2.45, 2.75) is 46.5 Å². The van der Waals surface area contributed by atoms with Crippen LogP contribution in [0, 0.1) is 0 Å². The molecular formula is C38H32N2OS. The third kappa shape index (κ3) is 3.68. The fraction of sp³-hybridized carbons (Fsp3) is 0.184. The number of nitrogens with zero attached hydrogens (tertiary/aromatic N) is 2. The zero-order valence-corrected chi connectivity index (χ0v) is 25.2. The fourth-order valence-corrected chi connectivity index (χ4v) is 7.94. The molecule has 0 aliphatic heterocycles. The maximum Gasteiger partial charge on any atom is 0.145 e. The third-order valence-electron chi connectivity index (χ3n) is 8.76. The minimum Gasteiger partial charge on any atom is -0.456 e. The molecule has 0 bridgehead atoms. The molecule has 42 heavy (non-hydrogen) atoms. The number of benzene rings is 5. The Kier molecular flexibility index (Phi) is 5.77. The number of rotatable bonds is 5. The third-order valence-corrected chi connectivity index (χ3v) is 9.98. The first kappa shape index (κ1) is 25.3. The van der Waals surface area contributed by atoms with E-state index in [1.54, 1.807) is 0 Å². The van der Waals surface area contributed by atoms with Crippen LogP contribution >= 0.6 is 11.3 Å². The zero-order valence-electron chi connectivity index (χ0n) is 24.4. The second-order valence-electron chi connectivity index (χ2n) is 11.5. The van der Waals surface area contributed by atoms with E-state index in [-0.39, 0.29) is 0 Å². The molecule has 5 aromatic carbocycles. The predicted octanol–water partition coefficient (Wildman–Crippen LogP) is 11.2. The van der Waals surface area contributed by atoms with Gasteiger partial charge in [-0.25, -0.2) is 4.98 Å². The van der Waals surface area contributed by atoms with Crippen molar-refractivity contribution < 1.29 is 4.42 Å². The second kappa shape index (κ2) is 9.57. The highest BCUT2D eigenvalue weighted by Gasteiger charge is 2.23. The molecule has 0 fully saturated rings. The summed E-state index contributed by atoms with van der Waals surface area (Å²) in [5, 5.41) is 4.99. The molecule has 0 aliphatic rings. The summed E-state index contributed by atoms with van der Waals surface area (Å²) in [5.74, 6) is 1.48. The number of imidazole rings is 1. The normalized spacial score (nSPS) is 12.2. The van der Waals surface area contributed by atoms with E-state index in [1.807, 2.05) is 23.5 Å². The first-order valence-corrected chi connectivity index (χ1v) is 15.8. The van der Waals surface area contributed by atoms with Gasteiger partial charge in [0.1, 0.15) is 17.0 Å². The van der Waals surface area contributed by atoms with Gasteiger partial charge in [0.25, 0.3) is 0 Å². The minimum atomic E-state index is 0.511. The van der Waals surface area contributed by atoms with E-state index in [9.17, 15) is 0 Å². The summed E-state index contributed by atoms with van der Waals surface area (Å²) in [4.78, 5) is 5.27. The molecule has 4 heteroatoms. The lowest BCUT2D eigenvalue weighted by atomic mass is 9.97. The summed E-state index contributed by atoms with van der Waals surface area (Å²) < 4.78 is 11.4. The molecule has 0 amide bonds. The van der Waals surface area contributed by atoms with Crippen LogP contribution < -0.4 is 0 Å². The maximum absolute atomic E-state index is 6.16. The molecule has 8 rings (SSSR count). The number of hydrogen-bond acceptors (Lipinski definition) is 3. The van der Waals surface area contributed by atoms with Gasteiger partial charge >= 0.3 is 0 Å². The fourth-order valence-electron chi connectivity index (χ4n) is 6.59. The van der Waals surface area contributed by atoms with E-state index in [1.165, 1.54) is 42.6 Å². The number of fused-ring (bicyclic) bond motifs is 7. The topological polar surface area (TPSA) is 31.0 Å². The zero-order chi connectivity index (χ0) is 28.5. The highest BCUT2D eigenvalue weighted by atomic mass is 32.1. The highest BCUT2D eigenvalue weighted by Crippen LogP contribution is 2.43. The molecule has 0 radical (unpaired) electrons. The Morgan fingerprint density at radius 3 is 2.40 bits per heavy atom. The van der Waals surface area contributed by atoms with Gasteiger partial charge in [-0.15, -0.1) is 11.3 Å². The molecule has 8 aromatic rings. The van der Waals surface area contributed by atoms with Crippen LogP contribution in [0.1, 0.15) is 50.3 Å². The molecule has 0 saturated heterocycles. The Morgan fingerprint density at radius 2 is 1.57 bits per heavy atom. The molecular weight excluding hydrogens is 532 g/mol. The second-order valence-corrected chi connectivity index (χ2v) is 12.6. The van der Waals surface area contributed by atoms with E-state index < -0.39 is 0 Å². The van der Waals surface area contributed by atoms with E-state index in [4.69, 9.17) is 9.40 Å². The van der Waals surface area contributed by atoms with Crippen LogP contribution in [0.25, 0.3) is 70.2 Å². The molecule has 3 heterocycles. The Hall–Kier alpha value is -4.41. The van der Waals surface area contributed by atoms with Crippen molar-refractivity contribution >= 4 is 64.5 Å².